The summed E-state index contributed by atoms with van der Waals surface area (Å²) in [7, 11) is 1.62. The minimum absolute atomic E-state index is 0.0463. The van der Waals surface area contributed by atoms with Crippen molar-refractivity contribution >= 4 is 11.8 Å². The standard InChI is InChI=1S/C20H28N2O4/c1-25-17-7-9-18(10-8-17)26-12-11-21-20(24)15-13-19(23)22(14-15)16-5-3-2-4-6-16/h7-10,15-16H,2-6,11-14H2,1H3,(H,21,24). The molecule has 26 heavy (non-hydrogen) atoms. The third-order valence-corrected chi connectivity index (χ3v) is 5.27. The van der Waals surface area contributed by atoms with E-state index in [0.717, 1.165) is 24.3 Å². The predicted molar refractivity (Wildman–Crippen MR) is 98.2 cm³/mol. The van der Waals surface area contributed by atoms with Gasteiger partial charge in [0.05, 0.1) is 19.6 Å². The summed E-state index contributed by atoms with van der Waals surface area (Å²) in [6, 6.07) is 7.67. The maximum Gasteiger partial charge on any atom is 0.225 e. The molecule has 1 unspecified atom stereocenters. The highest BCUT2D eigenvalue weighted by atomic mass is 16.5. The molecule has 1 aromatic carbocycles. The van der Waals surface area contributed by atoms with E-state index >= 15 is 0 Å². The van der Waals surface area contributed by atoms with Gasteiger partial charge < -0.3 is 19.7 Å². The molecule has 3 rings (SSSR count). The van der Waals surface area contributed by atoms with Crippen molar-refractivity contribution in [1.29, 1.82) is 0 Å². The Balaban J connectivity index is 1.38. The number of nitrogens with one attached hydrogen (secondary N) is 1. The highest BCUT2D eigenvalue weighted by molar-refractivity contribution is 5.89. The number of hydrogen-bond donors (Lipinski definition) is 1. The lowest BCUT2D eigenvalue weighted by molar-refractivity contribution is -0.130. The Hall–Kier alpha value is -2.24. The summed E-state index contributed by atoms with van der Waals surface area (Å²) in [5.41, 5.74) is 0. The maximum atomic E-state index is 12.4. The molecular formula is C20H28N2O4. The Morgan fingerprint density at radius 2 is 1.85 bits per heavy atom. The maximum absolute atomic E-state index is 12.4. The van der Waals surface area contributed by atoms with Gasteiger partial charge in [-0.1, -0.05) is 19.3 Å². The van der Waals surface area contributed by atoms with Crippen LogP contribution in [0.4, 0.5) is 0 Å². The molecule has 2 aliphatic rings. The number of carbonyl (C=O) groups is 2. The second kappa shape index (κ2) is 8.92. The molecule has 0 bridgehead atoms. The monoisotopic (exact) mass is 360 g/mol. The first-order valence-electron chi connectivity index (χ1n) is 9.51. The van der Waals surface area contributed by atoms with Crippen LogP contribution in [-0.2, 0) is 9.59 Å². The molecule has 1 heterocycles. The molecule has 0 aromatic heterocycles. The van der Waals surface area contributed by atoms with Crippen LogP contribution in [0.2, 0.25) is 0 Å². The Kier molecular flexibility index (Phi) is 6.36. The van der Waals surface area contributed by atoms with Crippen molar-refractivity contribution in [1.82, 2.24) is 10.2 Å². The molecule has 1 aromatic rings. The molecule has 1 N–H and O–H groups in total. The molecule has 6 heteroatoms. The van der Waals surface area contributed by atoms with E-state index in [2.05, 4.69) is 5.32 Å². The van der Waals surface area contributed by atoms with Gasteiger partial charge in [-0.15, -0.1) is 0 Å². The molecule has 1 atom stereocenters. The highest BCUT2D eigenvalue weighted by Gasteiger charge is 2.37. The van der Waals surface area contributed by atoms with Gasteiger partial charge in [-0.05, 0) is 37.1 Å². The molecule has 1 saturated carbocycles. The Morgan fingerprint density at radius 3 is 2.54 bits per heavy atom. The first-order chi connectivity index (χ1) is 12.7. The minimum atomic E-state index is -0.231. The smallest absolute Gasteiger partial charge is 0.225 e. The van der Waals surface area contributed by atoms with Gasteiger partial charge in [0.2, 0.25) is 11.8 Å². The number of methoxy groups -OCH3 is 1. The predicted octanol–water partition coefficient (Wildman–Crippen LogP) is 2.37. The molecular weight excluding hydrogens is 332 g/mol. The second-order valence-corrected chi connectivity index (χ2v) is 7.05. The second-order valence-electron chi connectivity index (χ2n) is 7.05. The summed E-state index contributed by atoms with van der Waals surface area (Å²) in [6.45, 7) is 1.39. The lowest BCUT2D eigenvalue weighted by Crippen LogP contribution is -2.39. The van der Waals surface area contributed by atoms with E-state index in [1.807, 2.05) is 29.2 Å². The van der Waals surface area contributed by atoms with Gasteiger partial charge >= 0.3 is 0 Å². The number of ether oxygens (including phenoxy) is 2. The van der Waals surface area contributed by atoms with E-state index in [9.17, 15) is 9.59 Å². The average Bonchev–Trinajstić information content (AvgIpc) is 3.08. The van der Waals surface area contributed by atoms with Crippen LogP contribution in [0, 0.1) is 5.92 Å². The van der Waals surface area contributed by atoms with Crippen molar-refractivity contribution < 1.29 is 19.1 Å². The average molecular weight is 360 g/mol. The third-order valence-electron chi connectivity index (χ3n) is 5.27. The first-order valence-corrected chi connectivity index (χ1v) is 9.51. The summed E-state index contributed by atoms with van der Waals surface area (Å²) in [6.07, 6.45) is 6.13. The SMILES string of the molecule is COc1ccc(OCCNC(=O)C2CC(=O)N(C3CCCCC3)C2)cc1. The normalized spacial score (nSPS) is 20.9. The van der Waals surface area contributed by atoms with Crippen LogP contribution in [-0.4, -0.2) is 49.6 Å². The van der Waals surface area contributed by atoms with Crippen molar-refractivity contribution in [3.63, 3.8) is 0 Å². The van der Waals surface area contributed by atoms with E-state index in [0.29, 0.717) is 32.2 Å². The van der Waals surface area contributed by atoms with E-state index in [1.54, 1.807) is 7.11 Å². The lowest BCUT2D eigenvalue weighted by atomic mass is 9.94. The van der Waals surface area contributed by atoms with Crippen LogP contribution in [0.15, 0.2) is 24.3 Å². The summed E-state index contributed by atoms with van der Waals surface area (Å²) in [4.78, 5) is 26.6. The van der Waals surface area contributed by atoms with E-state index < -0.39 is 0 Å². The molecule has 0 radical (unpaired) electrons. The van der Waals surface area contributed by atoms with Crippen molar-refractivity contribution in [3.05, 3.63) is 24.3 Å². The molecule has 2 amide bonds. The molecule has 0 spiro atoms. The van der Waals surface area contributed by atoms with Gasteiger partial charge in [-0.25, -0.2) is 0 Å². The Morgan fingerprint density at radius 1 is 1.15 bits per heavy atom. The number of rotatable bonds is 7. The molecule has 1 aliphatic heterocycles. The molecule has 1 aliphatic carbocycles. The van der Waals surface area contributed by atoms with Crippen molar-refractivity contribution in [2.75, 3.05) is 26.8 Å². The summed E-state index contributed by atoms with van der Waals surface area (Å²) in [5.74, 6) is 1.37. The van der Waals surface area contributed by atoms with Gasteiger partial charge in [-0.3, -0.25) is 9.59 Å². The van der Waals surface area contributed by atoms with Gasteiger partial charge in [0.1, 0.15) is 18.1 Å². The zero-order chi connectivity index (χ0) is 18.4. The number of nitrogens with zero attached hydrogens (tertiary/aromatic N) is 1. The fourth-order valence-electron chi connectivity index (χ4n) is 3.81. The molecule has 2 fully saturated rings. The Bertz CT molecular complexity index is 611. The van der Waals surface area contributed by atoms with E-state index in [4.69, 9.17) is 9.47 Å². The molecule has 6 nitrogen and oxygen atoms in total. The quantitative estimate of drug-likeness (QED) is 0.758. The lowest BCUT2D eigenvalue weighted by Gasteiger charge is -2.31. The fraction of sp³-hybridized carbons (Fsp3) is 0.600. The number of benzene rings is 1. The van der Waals surface area contributed by atoms with Gasteiger partial charge in [0.15, 0.2) is 0 Å². The van der Waals surface area contributed by atoms with Gasteiger partial charge in [0.25, 0.3) is 0 Å². The van der Waals surface area contributed by atoms with E-state index in [1.165, 1.54) is 19.3 Å². The number of hydrogen-bond acceptors (Lipinski definition) is 4. The third kappa shape index (κ3) is 4.68. The Labute approximate surface area is 154 Å². The van der Waals surface area contributed by atoms with Gasteiger partial charge in [-0.2, -0.15) is 0 Å². The van der Waals surface area contributed by atoms with Crippen molar-refractivity contribution in [3.8, 4) is 11.5 Å². The van der Waals surface area contributed by atoms with Crippen LogP contribution < -0.4 is 14.8 Å². The molecule has 142 valence electrons. The zero-order valence-electron chi connectivity index (χ0n) is 15.4. The van der Waals surface area contributed by atoms with E-state index in [-0.39, 0.29) is 17.7 Å². The minimum Gasteiger partial charge on any atom is -0.497 e. The number of amides is 2. The van der Waals surface area contributed by atoms with Crippen LogP contribution >= 0.6 is 0 Å². The topological polar surface area (TPSA) is 67.9 Å². The summed E-state index contributed by atoms with van der Waals surface area (Å²) >= 11 is 0. The van der Waals surface area contributed by atoms with Crippen LogP contribution in [0.1, 0.15) is 38.5 Å². The highest BCUT2D eigenvalue weighted by Crippen LogP contribution is 2.28. The number of likely N-dealkylation sites (tertiary alicyclic amines) is 1. The van der Waals surface area contributed by atoms with Crippen LogP contribution in [0.5, 0.6) is 11.5 Å². The van der Waals surface area contributed by atoms with Crippen LogP contribution in [0.3, 0.4) is 0 Å². The van der Waals surface area contributed by atoms with Crippen molar-refractivity contribution in [2.24, 2.45) is 5.92 Å². The first kappa shape index (κ1) is 18.5. The van der Waals surface area contributed by atoms with Gasteiger partial charge in [0, 0.05) is 19.0 Å². The van der Waals surface area contributed by atoms with Crippen LogP contribution in [0.25, 0.3) is 0 Å². The number of carbonyl (C=O) groups excluding carboxylic acids is 2. The largest absolute Gasteiger partial charge is 0.497 e. The zero-order valence-corrected chi connectivity index (χ0v) is 15.4. The fourth-order valence-corrected chi connectivity index (χ4v) is 3.81. The van der Waals surface area contributed by atoms with Crippen molar-refractivity contribution in [2.45, 2.75) is 44.6 Å². The molecule has 1 saturated heterocycles. The summed E-state index contributed by atoms with van der Waals surface area (Å²) in [5, 5.41) is 2.89. The summed E-state index contributed by atoms with van der Waals surface area (Å²) < 4.78 is 10.7.